The summed E-state index contributed by atoms with van der Waals surface area (Å²) in [6.07, 6.45) is 3.66. The van der Waals surface area contributed by atoms with Gasteiger partial charge < -0.3 is 20.1 Å². The molecular weight excluding hydrogens is 378 g/mol. The zero-order chi connectivity index (χ0) is 18.9. The number of rotatable bonds is 2. The second-order valence-corrected chi connectivity index (χ2v) is 11.1. The lowest BCUT2D eigenvalue weighted by atomic mass is 9.43. The average Bonchev–Trinajstić information content (AvgIpc) is 3.07. The summed E-state index contributed by atoms with van der Waals surface area (Å²) >= 11 is 0. The van der Waals surface area contributed by atoms with Crippen LogP contribution in [0.2, 0.25) is 0 Å². The standard InChI is InChI=1S/C22H35NO4.ClH/c1-4-23-10-20(2)6-5-16(24)22-12-7-11-14(27-3)9-21(26,17(12)18(11)25)13(19(22)23)8-15(20)22;/h11-19,24-26H,4-10H2,1-3H3;1H/t11-,12-,13+,14+,15-,16+,17-,18+,19-,20+,21+,22-;/m1./s1. The summed E-state index contributed by atoms with van der Waals surface area (Å²) in [7, 11) is 1.73. The molecule has 5 nitrogen and oxygen atoms in total. The lowest BCUT2D eigenvalue weighted by Crippen LogP contribution is -2.75. The Bertz CT molecular complexity index is 679. The van der Waals surface area contributed by atoms with Gasteiger partial charge in [-0.15, -0.1) is 12.4 Å². The van der Waals surface area contributed by atoms with E-state index in [0.717, 1.165) is 38.8 Å². The highest BCUT2D eigenvalue weighted by Crippen LogP contribution is 2.78. The van der Waals surface area contributed by atoms with E-state index in [1.165, 1.54) is 0 Å². The monoisotopic (exact) mass is 413 g/mol. The first-order valence-electron chi connectivity index (χ1n) is 11.2. The van der Waals surface area contributed by atoms with Gasteiger partial charge in [0.05, 0.1) is 23.9 Å². The molecule has 6 rings (SSSR count). The Hall–Kier alpha value is 0.0900. The van der Waals surface area contributed by atoms with Gasteiger partial charge in [-0.25, -0.2) is 0 Å². The molecular formula is C22H36ClNO4. The first-order valence-corrected chi connectivity index (χ1v) is 11.2. The maximum atomic E-state index is 12.1. The fourth-order valence-electron chi connectivity index (χ4n) is 10.1. The number of ether oxygens (including phenoxy) is 1. The van der Waals surface area contributed by atoms with Gasteiger partial charge in [-0.1, -0.05) is 13.8 Å². The highest BCUT2D eigenvalue weighted by molar-refractivity contribution is 5.85. The average molecular weight is 414 g/mol. The number of fused-ring (bicyclic) bond motifs is 2. The highest BCUT2D eigenvalue weighted by Gasteiger charge is 2.82. The summed E-state index contributed by atoms with van der Waals surface area (Å²) in [6, 6.07) is 0.253. The second kappa shape index (κ2) is 5.86. The molecule has 1 saturated heterocycles. The third kappa shape index (κ3) is 1.86. The first-order chi connectivity index (χ1) is 12.8. The molecule has 28 heavy (non-hydrogen) atoms. The van der Waals surface area contributed by atoms with Crippen molar-refractivity contribution in [3.05, 3.63) is 0 Å². The van der Waals surface area contributed by atoms with E-state index in [4.69, 9.17) is 4.74 Å². The Kier molecular flexibility index (Phi) is 4.19. The van der Waals surface area contributed by atoms with Gasteiger partial charge in [0.15, 0.2) is 0 Å². The molecule has 160 valence electrons. The van der Waals surface area contributed by atoms with E-state index in [0.29, 0.717) is 12.3 Å². The summed E-state index contributed by atoms with van der Waals surface area (Å²) in [6.45, 7) is 6.74. The van der Waals surface area contributed by atoms with Gasteiger partial charge in [0, 0.05) is 49.3 Å². The Morgan fingerprint density at radius 3 is 2.61 bits per heavy atom. The number of piperidine rings is 1. The largest absolute Gasteiger partial charge is 0.392 e. The van der Waals surface area contributed by atoms with Crippen LogP contribution in [0.1, 0.15) is 46.0 Å². The van der Waals surface area contributed by atoms with E-state index in [2.05, 4.69) is 18.7 Å². The summed E-state index contributed by atoms with van der Waals surface area (Å²) < 4.78 is 5.79. The minimum atomic E-state index is -0.858. The molecule has 3 N–H and O–H groups in total. The number of nitrogens with zero attached hydrogens (tertiary/aromatic N) is 1. The molecule has 6 aliphatic rings. The van der Waals surface area contributed by atoms with Crippen LogP contribution in [0.15, 0.2) is 0 Å². The van der Waals surface area contributed by atoms with Crippen molar-refractivity contribution < 1.29 is 20.1 Å². The molecule has 0 aromatic carbocycles. The molecule has 6 fully saturated rings. The zero-order valence-corrected chi connectivity index (χ0v) is 18.1. The fraction of sp³-hybridized carbons (Fsp3) is 1.00. The first kappa shape index (κ1) is 20.0. The van der Waals surface area contributed by atoms with Gasteiger partial charge in [0.1, 0.15) is 0 Å². The number of likely N-dealkylation sites (tertiary alicyclic amines) is 1. The molecule has 0 unspecified atom stereocenters. The smallest absolute Gasteiger partial charge is 0.0771 e. The molecule has 1 heterocycles. The normalized spacial score (nSPS) is 63.9. The summed E-state index contributed by atoms with van der Waals surface area (Å²) in [4.78, 5) is 2.60. The van der Waals surface area contributed by atoms with Crippen molar-refractivity contribution in [2.75, 3.05) is 20.2 Å². The second-order valence-electron chi connectivity index (χ2n) is 11.1. The molecule has 5 aliphatic carbocycles. The number of hydrogen-bond acceptors (Lipinski definition) is 5. The highest BCUT2D eigenvalue weighted by atomic mass is 35.5. The predicted molar refractivity (Wildman–Crippen MR) is 107 cm³/mol. The van der Waals surface area contributed by atoms with Crippen molar-refractivity contribution in [1.29, 1.82) is 0 Å². The Morgan fingerprint density at radius 1 is 1.18 bits per heavy atom. The zero-order valence-electron chi connectivity index (χ0n) is 17.3. The van der Waals surface area contributed by atoms with Crippen LogP contribution in [0.5, 0.6) is 0 Å². The third-order valence-corrected chi connectivity index (χ3v) is 10.7. The molecule has 5 saturated carbocycles. The van der Waals surface area contributed by atoms with Gasteiger partial charge in [-0.3, -0.25) is 4.90 Å². The van der Waals surface area contributed by atoms with Crippen LogP contribution in [-0.4, -0.2) is 70.4 Å². The third-order valence-electron chi connectivity index (χ3n) is 10.7. The number of halogens is 1. The van der Waals surface area contributed by atoms with E-state index in [1.54, 1.807) is 7.11 Å². The SMILES string of the molecule is CCN1C[C@]2(C)CC[C@H](O)[C@@]34[C@@H]5C[C@H]6[C@H](O)[C@@H]5[C@](O)(C[C@@H]6OC)[C@@H](C[C@H]23)[C@@H]14.Cl. The molecule has 12 atom stereocenters. The van der Waals surface area contributed by atoms with Crippen LogP contribution in [0, 0.1) is 40.4 Å². The van der Waals surface area contributed by atoms with Crippen LogP contribution in [0.4, 0.5) is 0 Å². The molecule has 0 aromatic heterocycles. The van der Waals surface area contributed by atoms with Crippen molar-refractivity contribution in [1.82, 2.24) is 4.90 Å². The van der Waals surface area contributed by atoms with Crippen LogP contribution in [0.3, 0.4) is 0 Å². The van der Waals surface area contributed by atoms with Crippen molar-refractivity contribution in [3.63, 3.8) is 0 Å². The maximum absolute atomic E-state index is 12.1. The molecule has 1 aliphatic heterocycles. The molecule has 0 radical (unpaired) electrons. The van der Waals surface area contributed by atoms with E-state index < -0.39 is 11.7 Å². The van der Waals surface area contributed by atoms with Crippen molar-refractivity contribution >= 4 is 12.4 Å². The van der Waals surface area contributed by atoms with E-state index in [-0.39, 0.29) is 65.2 Å². The number of methoxy groups -OCH3 is 1. The lowest BCUT2D eigenvalue weighted by molar-refractivity contribution is -0.266. The predicted octanol–water partition coefficient (Wildman–Crippen LogP) is 1.67. The van der Waals surface area contributed by atoms with Crippen LogP contribution in [0.25, 0.3) is 0 Å². The van der Waals surface area contributed by atoms with Crippen molar-refractivity contribution in [2.45, 2.75) is 75.9 Å². The van der Waals surface area contributed by atoms with Crippen LogP contribution in [-0.2, 0) is 4.74 Å². The van der Waals surface area contributed by atoms with Crippen molar-refractivity contribution in [3.8, 4) is 0 Å². The van der Waals surface area contributed by atoms with Gasteiger partial charge in [-0.2, -0.15) is 0 Å². The van der Waals surface area contributed by atoms with Gasteiger partial charge in [0.25, 0.3) is 0 Å². The number of hydrogen-bond donors (Lipinski definition) is 3. The lowest BCUT2D eigenvalue weighted by Gasteiger charge is -2.68. The van der Waals surface area contributed by atoms with E-state index >= 15 is 0 Å². The fourth-order valence-corrected chi connectivity index (χ4v) is 10.1. The molecule has 0 amide bonds. The minimum absolute atomic E-state index is 0. The quantitative estimate of drug-likeness (QED) is 0.642. The van der Waals surface area contributed by atoms with Gasteiger partial charge >= 0.3 is 0 Å². The van der Waals surface area contributed by atoms with Crippen LogP contribution >= 0.6 is 12.4 Å². The number of aliphatic hydroxyl groups is 3. The Morgan fingerprint density at radius 2 is 1.93 bits per heavy atom. The van der Waals surface area contributed by atoms with E-state index in [1.807, 2.05) is 0 Å². The maximum Gasteiger partial charge on any atom is 0.0771 e. The van der Waals surface area contributed by atoms with E-state index in [9.17, 15) is 15.3 Å². The molecule has 1 spiro atoms. The van der Waals surface area contributed by atoms with Gasteiger partial charge in [-0.05, 0) is 49.5 Å². The van der Waals surface area contributed by atoms with Crippen LogP contribution < -0.4 is 0 Å². The van der Waals surface area contributed by atoms with Gasteiger partial charge in [0.2, 0.25) is 0 Å². The summed E-state index contributed by atoms with van der Waals surface area (Å²) in [5.74, 6) is 0.840. The van der Waals surface area contributed by atoms with Crippen molar-refractivity contribution in [2.24, 2.45) is 40.4 Å². The Balaban J connectivity index is 0.00000171. The molecule has 6 heteroatoms. The topological polar surface area (TPSA) is 73.2 Å². The summed E-state index contributed by atoms with van der Waals surface area (Å²) in [5.41, 5.74) is -0.788. The number of aliphatic hydroxyl groups excluding tert-OH is 2. The molecule has 7 bridgehead atoms. The Labute approximate surface area is 174 Å². The molecule has 0 aromatic rings. The minimum Gasteiger partial charge on any atom is -0.392 e. The summed E-state index contributed by atoms with van der Waals surface area (Å²) in [5, 5.41) is 34.9.